The number of benzene rings is 2. The number of hydrogen-bond donors (Lipinski definition) is 3. The second kappa shape index (κ2) is 9.59. The summed E-state index contributed by atoms with van der Waals surface area (Å²) in [6.45, 7) is 7.03. The van der Waals surface area contributed by atoms with Crippen LogP contribution in [0.5, 0.6) is 17.2 Å². The van der Waals surface area contributed by atoms with Gasteiger partial charge in [-0.15, -0.1) is 0 Å². The van der Waals surface area contributed by atoms with E-state index in [2.05, 4.69) is 15.4 Å². The molecule has 0 heterocycles. The summed E-state index contributed by atoms with van der Waals surface area (Å²) in [4.78, 5) is 34.9. The number of phenols is 1. The average molecular weight is 400 g/mol. The summed E-state index contributed by atoms with van der Waals surface area (Å²) in [5.74, 6) is -1.12. The van der Waals surface area contributed by atoms with Gasteiger partial charge in [-0.05, 0) is 56.2 Å². The van der Waals surface area contributed by atoms with E-state index in [1.54, 1.807) is 45.9 Å². The summed E-state index contributed by atoms with van der Waals surface area (Å²) in [5, 5.41) is 15.0. The molecule has 2 aromatic rings. The Balaban J connectivity index is 2.22. The van der Waals surface area contributed by atoms with E-state index in [1.807, 2.05) is 0 Å². The molecule has 154 valence electrons. The average Bonchev–Trinajstić information content (AvgIpc) is 2.67. The normalized spacial score (nSPS) is 10.2. The summed E-state index contributed by atoms with van der Waals surface area (Å²) >= 11 is 0. The molecule has 2 amide bonds. The lowest BCUT2D eigenvalue weighted by Gasteiger charge is -2.15. The van der Waals surface area contributed by atoms with E-state index < -0.39 is 11.9 Å². The Hall–Kier alpha value is -3.55. The van der Waals surface area contributed by atoms with Gasteiger partial charge in [0.2, 0.25) is 5.91 Å². The highest BCUT2D eigenvalue weighted by Crippen LogP contribution is 2.35. The van der Waals surface area contributed by atoms with Crippen LogP contribution >= 0.6 is 0 Å². The van der Waals surface area contributed by atoms with Crippen LogP contribution in [-0.4, -0.2) is 29.5 Å². The van der Waals surface area contributed by atoms with Crippen molar-refractivity contribution in [2.24, 2.45) is 0 Å². The molecular weight excluding hydrogens is 376 g/mol. The van der Waals surface area contributed by atoms with Crippen molar-refractivity contribution in [2.45, 2.75) is 34.1 Å². The highest BCUT2D eigenvalue weighted by Gasteiger charge is 2.17. The molecule has 3 N–H and O–H groups in total. The predicted molar refractivity (Wildman–Crippen MR) is 108 cm³/mol. The number of rotatable bonds is 6. The van der Waals surface area contributed by atoms with Gasteiger partial charge < -0.3 is 25.2 Å². The first-order valence-electron chi connectivity index (χ1n) is 9.15. The summed E-state index contributed by atoms with van der Waals surface area (Å²) in [6.07, 6.45) is 0.279. The van der Waals surface area contributed by atoms with E-state index in [0.717, 1.165) is 11.1 Å². The third kappa shape index (κ3) is 5.71. The van der Waals surface area contributed by atoms with Gasteiger partial charge in [-0.2, -0.15) is 0 Å². The van der Waals surface area contributed by atoms with Crippen LogP contribution in [0, 0.1) is 13.8 Å². The number of nitrogens with one attached hydrogen (secondary N) is 2. The van der Waals surface area contributed by atoms with E-state index in [9.17, 15) is 19.5 Å². The molecule has 0 aliphatic heterocycles. The molecule has 0 atom stereocenters. The summed E-state index contributed by atoms with van der Waals surface area (Å²) < 4.78 is 10.6. The van der Waals surface area contributed by atoms with Crippen molar-refractivity contribution < 1.29 is 29.0 Å². The van der Waals surface area contributed by atoms with Gasteiger partial charge in [0.15, 0.2) is 0 Å². The van der Waals surface area contributed by atoms with E-state index in [-0.39, 0.29) is 30.4 Å². The van der Waals surface area contributed by atoms with Gasteiger partial charge >= 0.3 is 11.9 Å². The Morgan fingerprint density at radius 2 is 1.66 bits per heavy atom. The molecule has 0 saturated carbocycles. The SMILES string of the molecule is CCOC(=O)C(=O)Nc1cc(C)c(Oc2ccc(O)c(NC(=O)CC)c2)c(C)c1. The van der Waals surface area contributed by atoms with Gasteiger partial charge in [0.05, 0.1) is 12.3 Å². The predicted octanol–water partition coefficient (Wildman–Crippen LogP) is 3.65. The largest absolute Gasteiger partial charge is 0.506 e. The molecule has 8 heteroatoms. The third-order valence-electron chi connectivity index (χ3n) is 3.96. The number of phenolic OH excluding ortho intramolecular Hbond substituents is 1. The number of ether oxygens (including phenoxy) is 2. The minimum absolute atomic E-state index is 0.0652. The summed E-state index contributed by atoms with van der Waals surface area (Å²) in [6, 6.07) is 7.86. The fraction of sp³-hybridized carbons (Fsp3) is 0.286. The molecule has 0 aromatic heterocycles. The lowest BCUT2D eigenvalue weighted by Crippen LogP contribution is -2.25. The minimum Gasteiger partial charge on any atom is -0.506 e. The molecule has 0 fully saturated rings. The Morgan fingerprint density at radius 3 is 2.24 bits per heavy atom. The van der Waals surface area contributed by atoms with E-state index in [4.69, 9.17) is 4.74 Å². The van der Waals surface area contributed by atoms with Crippen LogP contribution in [0.1, 0.15) is 31.4 Å². The van der Waals surface area contributed by atoms with E-state index >= 15 is 0 Å². The highest BCUT2D eigenvalue weighted by atomic mass is 16.5. The van der Waals surface area contributed by atoms with Crippen molar-refractivity contribution in [3.8, 4) is 17.2 Å². The Labute approximate surface area is 168 Å². The molecule has 8 nitrogen and oxygen atoms in total. The second-order valence-electron chi connectivity index (χ2n) is 6.30. The maximum Gasteiger partial charge on any atom is 0.397 e. The van der Waals surface area contributed by atoms with Crippen molar-refractivity contribution in [1.82, 2.24) is 0 Å². The summed E-state index contributed by atoms with van der Waals surface area (Å²) in [7, 11) is 0. The molecule has 0 radical (unpaired) electrons. The highest BCUT2D eigenvalue weighted by molar-refractivity contribution is 6.37. The zero-order chi connectivity index (χ0) is 21.6. The molecule has 0 saturated heterocycles. The van der Waals surface area contributed by atoms with Crippen molar-refractivity contribution in [2.75, 3.05) is 17.2 Å². The van der Waals surface area contributed by atoms with Gasteiger partial charge in [-0.25, -0.2) is 4.79 Å². The van der Waals surface area contributed by atoms with Gasteiger partial charge in [0.1, 0.15) is 17.2 Å². The van der Waals surface area contributed by atoms with Gasteiger partial charge in [-0.1, -0.05) is 6.92 Å². The third-order valence-corrected chi connectivity index (χ3v) is 3.96. The molecule has 0 spiro atoms. The molecule has 0 bridgehead atoms. The smallest absolute Gasteiger partial charge is 0.397 e. The van der Waals surface area contributed by atoms with Crippen molar-refractivity contribution in [1.29, 1.82) is 0 Å². The Kier molecular flexibility index (Phi) is 7.19. The molecule has 0 unspecified atom stereocenters. The number of anilines is 2. The number of esters is 1. The summed E-state index contributed by atoms with van der Waals surface area (Å²) in [5.41, 5.74) is 2.13. The topological polar surface area (TPSA) is 114 Å². The quantitative estimate of drug-likeness (QED) is 0.387. The maximum atomic E-state index is 11.8. The van der Waals surface area contributed by atoms with Crippen molar-refractivity contribution in [3.63, 3.8) is 0 Å². The van der Waals surface area contributed by atoms with Crippen LogP contribution in [-0.2, 0) is 19.1 Å². The van der Waals surface area contributed by atoms with Crippen LogP contribution in [0.15, 0.2) is 30.3 Å². The van der Waals surface area contributed by atoms with Crippen molar-refractivity contribution in [3.05, 3.63) is 41.5 Å². The fourth-order valence-corrected chi connectivity index (χ4v) is 2.60. The monoisotopic (exact) mass is 400 g/mol. The number of carbonyl (C=O) groups excluding carboxylic acids is 3. The van der Waals surface area contributed by atoms with E-state index in [0.29, 0.717) is 17.2 Å². The first-order valence-corrected chi connectivity index (χ1v) is 9.15. The van der Waals surface area contributed by atoms with Gasteiger partial charge in [0.25, 0.3) is 0 Å². The van der Waals surface area contributed by atoms with Gasteiger partial charge in [-0.3, -0.25) is 9.59 Å². The lowest BCUT2D eigenvalue weighted by atomic mass is 10.1. The molecular formula is C21H24N2O6. The van der Waals surface area contributed by atoms with Crippen LogP contribution in [0.3, 0.4) is 0 Å². The number of aryl methyl sites for hydroxylation is 2. The number of hydrogen-bond acceptors (Lipinski definition) is 6. The van der Waals surface area contributed by atoms with E-state index in [1.165, 1.54) is 12.1 Å². The van der Waals surface area contributed by atoms with Gasteiger partial charge in [0, 0.05) is 18.2 Å². The zero-order valence-corrected chi connectivity index (χ0v) is 16.8. The first-order chi connectivity index (χ1) is 13.7. The van der Waals surface area contributed by atoms with Crippen LogP contribution < -0.4 is 15.4 Å². The first kappa shape index (κ1) is 21.7. The Bertz CT molecular complexity index is 916. The number of carbonyl (C=O) groups is 3. The second-order valence-corrected chi connectivity index (χ2v) is 6.30. The van der Waals surface area contributed by atoms with Crippen LogP contribution in [0.4, 0.5) is 11.4 Å². The molecule has 2 rings (SSSR count). The maximum absolute atomic E-state index is 11.8. The minimum atomic E-state index is -0.950. The molecule has 2 aromatic carbocycles. The molecule has 29 heavy (non-hydrogen) atoms. The standard InChI is InChI=1S/C21H24N2O6/c1-5-18(25)23-16-11-15(7-8-17(16)24)29-19-12(3)9-14(10-13(19)4)22-20(26)21(27)28-6-2/h7-11,24H,5-6H2,1-4H3,(H,22,26)(H,23,25). The zero-order valence-electron chi connectivity index (χ0n) is 16.8. The molecule has 0 aliphatic carbocycles. The van der Waals surface area contributed by atoms with Crippen molar-refractivity contribution >= 4 is 29.2 Å². The fourth-order valence-electron chi connectivity index (χ4n) is 2.60. The van der Waals surface area contributed by atoms with Crippen LogP contribution in [0.25, 0.3) is 0 Å². The molecule has 0 aliphatic rings. The van der Waals surface area contributed by atoms with Crippen LogP contribution in [0.2, 0.25) is 0 Å². The Morgan fingerprint density at radius 1 is 1.00 bits per heavy atom. The lowest BCUT2D eigenvalue weighted by molar-refractivity contribution is -0.152. The number of aromatic hydroxyl groups is 1. The number of amides is 2.